The lowest BCUT2D eigenvalue weighted by molar-refractivity contribution is -0.143. The van der Waals surface area contributed by atoms with E-state index in [-0.39, 0.29) is 12.8 Å². The molecule has 0 aliphatic carbocycles. The summed E-state index contributed by atoms with van der Waals surface area (Å²) in [4.78, 5) is 68.6. The Kier molecular flexibility index (Phi) is 10.9. The molecule has 0 aliphatic rings. The molecule has 0 heterocycles. The SMILES string of the molecule is CC(N)C(=O)NC(CCC(=O)O)C(=O)NC(C)C(=O)NC(CCC(=O)O)C(=O)O. The quantitative estimate of drug-likeness (QED) is 0.168. The van der Waals surface area contributed by atoms with E-state index in [2.05, 4.69) is 16.0 Å². The molecular weight excluding hydrogens is 392 g/mol. The highest BCUT2D eigenvalue weighted by Crippen LogP contribution is 2.02. The summed E-state index contributed by atoms with van der Waals surface area (Å²) < 4.78 is 0. The predicted octanol–water partition coefficient (Wildman–Crippen LogP) is -2.38. The van der Waals surface area contributed by atoms with Gasteiger partial charge < -0.3 is 37.0 Å². The highest BCUT2D eigenvalue weighted by atomic mass is 16.4. The van der Waals surface area contributed by atoms with E-state index in [4.69, 9.17) is 21.1 Å². The van der Waals surface area contributed by atoms with Gasteiger partial charge in [0.25, 0.3) is 0 Å². The van der Waals surface area contributed by atoms with Gasteiger partial charge in [0.05, 0.1) is 6.04 Å². The average Bonchev–Trinajstić information content (AvgIpc) is 2.60. The number of carbonyl (C=O) groups is 6. The highest BCUT2D eigenvalue weighted by Gasteiger charge is 2.28. The van der Waals surface area contributed by atoms with Gasteiger partial charge in [-0.15, -0.1) is 0 Å². The standard InChI is InChI=1S/C16H26N4O9/c1-7(17)13(25)19-9(3-5-11(21)22)15(27)18-8(2)14(26)20-10(16(28)29)4-6-12(23)24/h7-10H,3-6,17H2,1-2H3,(H,18,27)(H,19,25)(H,20,26)(H,21,22)(H,23,24)(H,28,29). The summed E-state index contributed by atoms with van der Waals surface area (Å²) in [6.07, 6.45) is -1.54. The average molecular weight is 418 g/mol. The highest BCUT2D eigenvalue weighted by molar-refractivity contribution is 5.94. The molecule has 0 fully saturated rings. The third kappa shape index (κ3) is 10.6. The van der Waals surface area contributed by atoms with Crippen molar-refractivity contribution in [1.82, 2.24) is 16.0 Å². The fraction of sp³-hybridized carbons (Fsp3) is 0.625. The van der Waals surface area contributed by atoms with Gasteiger partial charge in [0.1, 0.15) is 18.1 Å². The van der Waals surface area contributed by atoms with Crippen LogP contribution < -0.4 is 21.7 Å². The van der Waals surface area contributed by atoms with Crippen LogP contribution in [0.3, 0.4) is 0 Å². The number of carboxylic acids is 3. The Labute approximate surface area is 166 Å². The first-order valence-electron chi connectivity index (χ1n) is 8.68. The Balaban J connectivity index is 5.00. The van der Waals surface area contributed by atoms with Gasteiger partial charge >= 0.3 is 17.9 Å². The molecule has 0 saturated carbocycles. The number of carboxylic acid groups (broad SMARTS) is 3. The third-order valence-corrected chi connectivity index (χ3v) is 3.71. The van der Waals surface area contributed by atoms with Crippen LogP contribution in [-0.2, 0) is 28.8 Å². The molecule has 0 bridgehead atoms. The summed E-state index contributed by atoms with van der Waals surface area (Å²) in [5.74, 6) is -6.34. The van der Waals surface area contributed by atoms with Gasteiger partial charge in [0, 0.05) is 12.8 Å². The molecule has 3 amide bonds. The number of aliphatic carboxylic acids is 3. The normalized spacial score (nSPS) is 14.6. The molecule has 8 N–H and O–H groups in total. The zero-order chi connectivity index (χ0) is 22.7. The predicted molar refractivity (Wildman–Crippen MR) is 96.5 cm³/mol. The fourth-order valence-electron chi connectivity index (χ4n) is 2.04. The van der Waals surface area contributed by atoms with E-state index >= 15 is 0 Å². The Hall–Kier alpha value is -3.22. The van der Waals surface area contributed by atoms with Gasteiger partial charge in [0.15, 0.2) is 0 Å². The van der Waals surface area contributed by atoms with Crippen molar-refractivity contribution >= 4 is 35.6 Å². The van der Waals surface area contributed by atoms with E-state index in [1.165, 1.54) is 13.8 Å². The minimum atomic E-state index is -1.47. The summed E-state index contributed by atoms with van der Waals surface area (Å²) >= 11 is 0. The van der Waals surface area contributed by atoms with Crippen molar-refractivity contribution < 1.29 is 44.1 Å². The van der Waals surface area contributed by atoms with Gasteiger partial charge in [-0.05, 0) is 26.7 Å². The maximum absolute atomic E-state index is 12.3. The molecule has 13 nitrogen and oxygen atoms in total. The van der Waals surface area contributed by atoms with E-state index in [0.717, 1.165) is 0 Å². The maximum Gasteiger partial charge on any atom is 0.326 e. The van der Waals surface area contributed by atoms with Crippen LogP contribution >= 0.6 is 0 Å². The van der Waals surface area contributed by atoms with E-state index in [0.29, 0.717) is 0 Å². The second-order valence-electron chi connectivity index (χ2n) is 6.34. The number of hydrogen-bond acceptors (Lipinski definition) is 7. The van der Waals surface area contributed by atoms with Crippen LogP contribution in [0.25, 0.3) is 0 Å². The van der Waals surface area contributed by atoms with Crippen LogP contribution in [-0.4, -0.2) is 75.1 Å². The number of nitrogens with one attached hydrogen (secondary N) is 3. The van der Waals surface area contributed by atoms with Gasteiger partial charge in [-0.3, -0.25) is 24.0 Å². The Bertz CT molecular complexity index is 650. The van der Waals surface area contributed by atoms with Crippen molar-refractivity contribution in [3.63, 3.8) is 0 Å². The van der Waals surface area contributed by atoms with E-state index in [1.807, 2.05) is 0 Å². The van der Waals surface area contributed by atoms with Crippen molar-refractivity contribution in [1.29, 1.82) is 0 Å². The smallest absolute Gasteiger partial charge is 0.326 e. The first-order valence-corrected chi connectivity index (χ1v) is 8.68. The van der Waals surface area contributed by atoms with Crippen molar-refractivity contribution in [2.45, 2.75) is 63.7 Å². The van der Waals surface area contributed by atoms with E-state index < -0.39 is 72.6 Å². The molecule has 4 unspecified atom stereocenters. The van der Waals surface area contributed by atoms with Crippen molar-refractivity contribution in [2.75, 3.05) is 0 Å². The second-order valence-corrected chi connectivity index (χ2v) is 6.34. The molecule has 0 radical (unpaired) electrons. The molecule has 4 atom stereocenters. The first kappa shape index (κ1) is 25.8. The topological polar surface area (TPSA) is 225 Å². The van der Waals surface area contributed by atoms with Crippen LogP contribution in [0.4, 0.5) is 0 Å². The minimum absolute atomic E-state index is 0.260. The lowest BCUT2D eigenvalue weighted by Gasteiger charge is -2.22. The van der Waals surface area contributed by atoms with Crippen molar-refractivity contribution in [2.24, 2.45) is 5.73 Å². The lowest BCUT2D eigenvalue weighted by atomic mass is 10.1. The van der Waals surface area contributed by atoms with Crippen LogP contribution in [0.15, 0.2) is 0 Å². The third-order valence-electron chi connectivity index (χ3n) is 3.71. The summed E-state index contributed by atoms with van der Waals surface area (Å²) in [6.45, 7) is 2.60. The number of amides is 3. The van der Waals surface area contributed by atoms with Crippen LogP contribution in [0, 0.1) is 0 Å². The van der Waals surface area contributed by atoms with Crippen molar-refractivity contribution in [3.8, 4) is 0 Å². The molecule has 29 heavy (non-hydrogen) atoms. The molecule has 0 aromatic rings. The molecule has 164 valence electrons. The molecule has 13 heteroatoms. The van der Waals surface area contributed by atoms with Crippen LogP contribution in [0.2, 0.25) is 0 Å². The lowest BCUT2D eigenvalue weighted by Crippen LogP contribution is -2.56. The molecule has 0 aromatic heterocycles. The van der Waals surface area contributed by atoms with Crippen LogP contribution in [0.5, 0.6) is 0 Å². The van der Waals surface area contributed by atoms with Crippen molar-refractivity contribution in [3.05, 3.63) is 0 Å². The molecule has 0 saturated heterocycles. The van der Waals surface area contributed by atoms with Crippen LogP contribution in [0.1, 0.15) is 39.5 Å². The second kappa shape index (κ2) is 12.3. The fourth-order valence-corrected chi connectivity index (χ4v) is 2.04. The summed E-state index contributed by atoms with van der Waals surface area (Å²) in [7, 11) is 0. The molecule has 0 aliphatic heterocycles. The Morgan fingerprint density at radius 2 is 1.17 bits per heavy atom. The molecule has 0 aromatic carbocycles. The molecular formula is C16H26N4O9. The minimum Gasteiger partial charge on any atom is -0.481 e. The number of rotatable bonds is 13. The summed E-state index contributed by atoms with van der Waals surface area (Å²) in [6, 6.07) is -4.95. The Morgan fingerprint density at radius 3 is 1.59 bits per heavy atom. The maximum atomic E-state index is 12.3. The molecule has 0 rings (SSSR count). The zero-order valence-corrected chi connectivity index (χ0v) is 16.0. The monoisotopic (exact) mass is 418 g/mol. The largest absolute Gasteiger partial charge is 0.481 e. The molecule has 0 spiro atoms. The van der Waals surface area contributed by atoms with Gasteiger partial charge in [-0.1, -0.05) is 0 Å². The van der Waals surface area contributed by atoms with Gasteiger partial charge in [0.2, 0.25) is 17.7 Å². The van der Waals surface area contributed by atoms with E-state index in [1.54, 1.807) is 0 Å². The first-order chi connectivity index (χ1) is 13.3. The number of hydrogen-bond donors (Lipinski definition) is 7. The number of carbonyl (C=O) groups excluding carboxylic acids is 3. The number of nitrogens with two attached hydrogens (primary N) is 1. The zero-order valence-electron chi connectivity index (χ0n) is 16.0. The summed E-state index contributed by atoms with van der Waals surface area (Å²) in [5, 5.41) is 33.1. The van der Waals surface area contributed by atoms with Gasteiger partial charge in [-0.2, -0.15) is 0 Å². The Morgan fingerprint density at radius 1 is 0.724 bits per heavy atom. The van der Waals surface area contributed by atoms with Gasteiger partial charge in [-0.25, -0.2) is 4.79 Å². The van der Waals surface area contributed by atoms with E-state index in [9.17, 15) is 28.8 Å². The summed E-state index contributed by atoms with van der Waals surface area (Å²) in [5.41, 5.74) is 5.40.